The number of aromatic nitrogens is 1. The summed E-state index contributed by atoms with van der Waals surface area (Å²) in [6.07, 6.45) is 2.47. The maximum atomic E-state index is 11.9. The number of carbonyl (C=O) groups is 1. The van der Waals surface area contributed by atoms with E-state index in [-0.39, 0.29) is 18.1 Å². The highest BCUT2D eigenvalue weighted by atomic mass is 32.1. The fraction of sp³-hybridized carbons (Fsp3) is 0.500. The van der Waals surface area contributed by atoms with Crippen LogP contribution < -0.4 is 4.90 Å². The quantitative estimate of drug-likeness (QED) is 0.805. The molecule has 1 aromatic heterocycles. The number of hydrogen-bond donors (Lipinski definition) is 0. The lowest BCUT2D eigenvalue weighted by Crippen LogP contribution is -2.42. The number of carbonyl (C=O) groups excluding carboxylic acids is 1. The molecule has 2 aromatic rings. The summed E-state index contributed by atoms with van der Waals surface area (Å²) in [5.41, 5.74) is 2.26. The molecule has 2 aliphatic rings. The molecule has 2 heterocycles. The normalized spacial score (nSPS) is 23.8. The molecule has 4 rings (SSSR count). The van der Waals surface area contributed by atoms with Gasteiger partial charge in [0, 0.05) is 38.0 Å². The molecule has 1 saturated heterocycles. The number of benzene rings is 1. The molecular formula is C20H25N3O2S. The van der Waals surface area contributed by atoms with Crippen LogP contribution in [0.4, 0.5) is 5.13 Å². The average molecular weight is 372 g/mol. The van der Waals surface area contributed by atoms with Crippen LogP contribution >= 0.6 is 11.3 Å². The van der Waals surface area contributed by atoms with Crippen molar-refractivity contribution in [1.82, 2.24) is 9.88 Å². The molecule has 26 heavy (non-hydrogen) atoms. The smallest absolute Gasteiger partial charge is 0.225 e. The third-order valence-electron chi connectivity index (χ3n) is 4.89. The van der Waals surface area contributed by atoms with Crippen molar-refractivity contribution in [2.45, 2.75) is 51.5 Å². The van der Waals surface area contributed by atoms with Gasteiger partial charge in [-0.3, -0.25) is 14.6 Å². The standard InChI is InChI=1S/C20H25N3O2S/c1-14-10-22(12-19(25-14)16-6-4-3-5-7-16)11-17-13-26-20(21-17)23(15(2)24)18-8-9-18/h3-7,13-14,18-19H,8-12H2,1-2H3. The number of ether oxygens (including phenoxy) is 1. The second-order valence-corrected chi connectivity index (χ2v) is 8.12. The van der Waals surface area contributed by atoms with Crippen LogP contribution in [0.2, 0.25) is 0 Å². The van der Waals surface area contributed by atoms with Crippen molar-refractivity contribution in [3.8, 4) is 0 Å². The Morgan fingerprint density at radius 2 is 2.08 bits per heavy atom. The summed E-state index contributed by atoms with van der Waals surface area (Å²) in [7, 11) is 0. The number of hydrogen-bond acceptors (Lipinski definition) is 5. The first-order valence-corrected chi connectivity index (χ1v) is 10.1. The average Bonchev–Trinajstić information content (AvgIpc) is 3.34. The lowest BCUT2D eigenvalue weighted by Gasteiger charge is -2.36. The van der Waals surface area contributed by atoms with Crippen molar-refractivity contribution in [2.24, 2.45) is 0 Å². The number of anilines is 1. The van der Waals surface area contributed by atoms with E-state index in [4.69, 9.17) is 9.72 Å². The molecule has 5 nitrogen and oxygen atoms in total. The second-order valence-electron chi connectivity index (χ2n) is 7.28. The van der Waals surface area contributed by atoms with E-state index in [2.05, 4.69) is 41.5 Å². The van der Waals surface area contributed by atoms with Crippen LogP contribution in [0.3, 0.4) is 0 Å². The Balaban J connectivity index is 1.44. The zero-order valence-corrected chi connectivity index (χ0v) is 16.1. The number of nitrogens with zero attached hydrogens (tertiary/aromatic N) is 3. The number of thiazole rings is 1. The summed E-state index contributed by atoms with van der Waals surface area (Å²) in [4.78, 5) is 21.0. The molecule has 1 amide bonds. The molecule has 0 bridgehead atoms. The van der Waals surface area contributed by atoms with Gasteiger partial charge < -0.3 is 4.74 Å². The van der Waals surface area contributed by atoms with Crippen LogP contribution in [0.25, 0.3) is 0 Å². The van der Waals surface area contributed by atoms with E-state index >= 15 is 0 Å². The van der Waals surface area contributed by atoms with Crippen molar-refractivity contribution in [2.75, 3.05) is 18.0 Å². The maximum Gasteiger partial charge on any atom is 0.225 e. The van der Waals surface area contributed by atoms with Crippen molar-refractivity contribution >= 4 is 22.4 Å². The Morgan fingerprint density at radius 1 is 1.31 bits per heavy atom. The van der Waals surface area contributed by atoms with Gasteiger partial charge in [0.15, 0.2) is 5.13 Å². The first-order valence-electron chi connectivity index (χ1n) is 9.27. The molecule has 1 aliphatic carbocycles. The van der Waals surface area contributed by atoms with Gasteiger partial charge in [0.2, 0.25) is 5.91 Å². The lowest BCUT2D eigenvalue weighted by atomic mass is 10.1. The van der Waals surface area contributed by atoms with Gasteiger partial charge in [-0.25, -0.2) is 4.98 Å². The first kappa shape index (κ1) is 17.6. The molecule has 1 saturated carbocycles. The van der Waals surface area contributed by atoms with E-state index in [0.29, 0.717) is 6.04 Å². The highest BCUT2D eigenvalue weighted by Crippen LogP contribution is 2.34. The van der Waals surface area contributed by atoms with Crippen LogP contribution in [-0.2, 0) is 16.1 Å². The zero-order chi connectivity index (χ0) is 18.1. The Bertz CT molecular complexity index is 759. The Labute approximate surface area is 158 Å². The van der Waals surface area contributed by atoms with Gasteiger partial charge in [-0.15, -0.1) is 11.3 Å². The largest absolute Gasteiger partial charge is 0.368 e. The third-order valence-corrected chi connectivity index (χ3v) is 5.78. The number of rotatable bonds is 5. The summed E-state index contributed by atoms with van der Waals surface area (Å²) < 4.78 is 6.14. The topological polar surface area (TPSA) is 45.7 Å². The number of amides is 1. The summed E-state index contributed by atoms with van der Waals surface area (Å²) >= 11 is 1.58. The third kappa shape index (κ3) is 3.98. The van der Waals surface area contributed by atoms with Gasteiger partial charge in [0.25, 0.3) is 0 Å². The van der Waals surface area contributed by atoms with Gasteiger partial charge in [0.1, 0.15) is 0 Å². The van der Waals surface area contributed by atoms with Gasteiger partial charge >= 0.3 is 0 Å². The summed E-state index contributed by atoms with van der Waals surface area (Å²) in [5, 5.41) is 2.93. The highest BCUT2D eigenvalue weighted by Gasteiger charge is 2.34. The summed E-state index contributed by atoms with van der Waals surface area (Å²) in [6.45, 7) is 6.31. The lowest BCUT2D eigenvalue weighted by molar-refractivity contribution is -0.116. The molecule has 1 aromatic carbocycles. The fourth-order valence-corrected chi connectivity index (χ4v) is 4.54. The van der Waals surface area contributed by atoms with E-state index in [1.54, 1.807) is 18.3 Å². The predicted octanol–water partition coefficient (Wildman–Crippen LogP) is 3.62. The molecule has 138 valence electrons. The Hall–Kier alpha value is -1.76. The van der Waals surface area contributed by atoms with E-state index < -0.39 is 0 Å². The van der Waals surface area contributed by atoms with E-state index in [9.17, 15) is 4.79 Å². The second kappa shape index (κ2) is 7.47. The van der Waals surface area contributed by atoms with Crippen LogP contribution in [-0.4, -0.2) is 41.0 Å². The maximum absolute atomic E-state index is 11.9. The van der Waals surface area contributed by atoms with Gasteiger partial charge in [0.05, 0.1) is 17.9 Å². The SMILES string of the molecule is CC(=O)N(c1nc(CN2CC(C)OC(c3ccccc3)C2)cs1)C1CC1. The summed E-state index contributed by atoms with van der Waals surface area (Å²) in [6, 6.07) is 10.8. The van der Waals surface area contributed by atoms with Crippen molar-refractivity contribution in [3.05, 3.63) is 47.0 Å². The van der Waals surface area contributed by atoms with Crippen LogP contribution in [0.5, 0.6) is 0 Å². The molecule has 0 spiro atoms. The molecule has 0 radical (unpaired) electrons. The van der Waals surface area contributed by atoms with Crippen molar-refractivity contribution in [1.29, 1.82) is 0 Å². The minimum Gasteiger partial charge on any atom is -0.368 e. The first-order chi connectivity index (χ1) is 12.6. The van der Waals surface area contributed by atoms with Gasteiger partial charge in [-0.05, 0) is 25.3 Å². The molecule has 2 unspecified atom stereocenters. The molecular weight excluding hydrogens is 346 g/mol. The minimum atomic E-state index is 0.0949. The van der Waals surface area contributed by atoms with E-state index in [1.165, 1.54) is 5.56 Å². The monoisotopic (exact) mass is 371 g/mol. The van der Waals surface area contributed by atoms with E-state index in [0.717, 1.165) is 43.3 Å². The Morgan fingerprint density at radius 3 is 2.77 bits per heavy atom. The molecule has 1 aliphatic heterocycles. The van der Waals surface area contributed by atoms with E-state index in [1.807, 2.05) is 11.0 Å². The predicted molar refractivity (Wildman–Crippen MR) is 103 cm³/mol. The highest BCUT2D eigenvalue weighted by molar-refractivity contribution is 7.14. The molecule has 2 fully saturated rings. The van der Waals surface area contributed by atoms with Crippen molar-refractivity contribution in [3.63, 3.8) is 0 Å². The fourth-order valence-electron chi connectivity index (χ4n) is 3.61. The Kier molecular flexibility index (Phi) is 5.07. The van der Waals surface area contributed by atoms with Crippen molar-refractivity contribution < 1.29 is 9.53 Å². The molecule has 0 N–H and O–H groups in total. The van der Waals surface area contributed by atoms with Crippen LogP contribution in [0.1, 0.15) is 44.1 Å². The zero-order valence-electron chi connectivity index (χ0n) is 15.3. The van der Waals surface area contributed by atoms with Crippen LogP contribution in [0, 0.1) is 0 Å². The minimum absolute atomic E-state index is 0.0949. The number of morpholine rings is 1. The molecule has 2 atom stereocenters. The molecule has 6 heteroatoms. The van der Waals surface area contributed by atoms with Gasteiger partial charge in [-0.1, -0.05) is 30.3 Å². The van der Waals surface area contributed by atoms with Crippen LogP contribution in [0.15, 0.2) is 35.7 Å². The summed E-state index contributed by atoms with van der Waals surface area (Å²) in [5.74, 6) is 0.0949. The van der Waals surface area contributed by atoms with Gasteiger partial charge in [-0.2, -0.15) is 0 Å².